The van der Waals surface area contributed by atoms with Crippen molar-refractivity contribution in [1.29, 1.82) is 0 Å². The number of benzene rings is 2. The van der Waals surface area contributed by atoms with Gasteiger partial charge in [-0.1, -0.05) is 49.4 Å². The first-order valence-electron chi connectivity index (χ1n) is 8.48. The molecule has 0 aromatic heterocycles. The maximum Gasteiger partial charge on any atom is 0.229 e. The van der Waals surface area contributed by atoms with Crippen LogP contribution in [0.4, 0.5) is 5.69 Å². The van der Waals surface area contributed by atoms with Crippen LogP contribution in [0.25, 0.3) is 0 Å². The Morgan fingerprint density at radius 1 is 1.16 bits per heavy atom. The van der Waals surface area contributed by atoms with Crippen LogP contribution in [0.2, 0.25) is 0 Å². The number of nitrogens with one attached hydrogen (secondary N) is 1. The van der Waals surface area contributed by atoms with E-state index in [1.165, 1.54) is 12.8 Å². The van der Waals surface area contributed by atoms with Crippen molar-refractivity contribution >= 4 is 24.0 Å². The monoisotopic (exact) mass is 360 g/mol. The molecule has 4 nitrogen and oxygen atoms in total. The quantitative estimate of drug-likeness (QED) is 0.778. The SMILES string of the molecule is CC(C(=O)Nc1ccccc1OCC1CC1)C(N)c1ccccc1.Cl. The summed E-state index contributed by atoms with van der Waals surface area (Å²) in [5.74, 6) is 0.940. The maximum atomic E-state index is 12.6. The summed E-state index contributed by atoms with van der Waals surface area (Å²) in [6.07, 6.45) is 2.47. The minimum Gasteiger partial charge on any atom is -0.491 e. The number of rotatable bonds is 7. The molecular formula is C20H25ClN2O2. The van der Waals surface area contributed by atoms with Gasteiger partial charge in [-0.05, 0) is 36.5 Å². The first kappa shape index (κ1) is 19.3. The number of ether oxygens (including phenoxy) is 1. The molecule has 25 heavy (non-hydrogen) atoms. The van der Waals surface area contributed by atoms with Gasteiger partial charge in [0, 0.05) is 6.04 Å². The molecule has 0 saturated heterocycles. The van der Waals surface area contributed by atoms with Gasteiger partial charge in [-0.3, -0.25) is 4.79 Å². The molecule has 1 aliphatic rings. The molecule has 0 radical (unpaired) electrons. The summed E-state index contributed by atoms with van der Waals surface area (Å²) < 4.78 is 5.84. The molecule has 2 unspecified atom stereocenters. The van der Waals surface area contributed by atoms with Crippen molar-refractivity contribution in [2.75, 3.05) is 11.9 Å². The lowest BCUT2D eigenvalue weighted by Gasteiger charge is -2.20. The van der Waals surface area contributed by atoms with Crippen molar-refractivity contribution in [3.63, 3.8) is 0 Å². The van der Waals surface area contributed by atoms with Crippen LogP contribution in [0.1, 0.15) is 31.4 Å². The fourth-order valence-corrected chi connectivity index (χ4v) is 2.56. The van der Waals surface area contributed by atoms with E-state index < -0.39 is 0 Å². The summed E-state index contributed by atoms with van der Waals surface area (Å²) in [6.45, 7) is 2.56. The molecular weight excluding hydrogens is 336 g/mol. The molecule has 0 aliphatic heterocycles. The Kier molecular flexibility index (Phi) is 6.85. The third-order valence-electron chi connectivity index (χ3n) is 4.45. The maximum absolute atomic E-state index is 12.6. The van der Waals surface area contributed by atoms with E-state index in [2.05, 4.69) is 5.32 Å². The number of halogens is 1. The average Bonchev–Trinajstić information content (AvgIpc) is 3.45. The lowest BCUT2D eigenvalue weighted by molar-refractivity contribution is -0.120. The number of hydrogen-bond acceptors (Lipinski definition) is 3. The lowest BCUT2D eigenvalue weighted by atomic mass is 9.94. The van der Waals surface area contributed by atoms with Gasteiger partial charge in [0.2, 0.25) is 5.91 Å². The number of carbonyl (C=O) groups is 1. The Balaban J connectivity index is 0.00000225. The van der Waals surface area contributed by atoms with E-state index in [4.69, 9.17) is 10.5 Å². The van der Waals surface area contributed by atoms with Crippen LogP contribution in [-0.4, -0.2) is 12.5 Å². The summed E-state index contributed by atoms with van der Waals surface area (Å²) in [5, 5.41) is 2.96. The number of carbonyl (C=O) groups excluding carboxylic acids is 1. The molecule has 2 aromatic carbocycles. The van der Waals surface area contributed by atoms with Crippen molar-refractivity contribution in [3.8, 4) is 5.75 Å². The second kappa shape index (κ2) is 8.88. The molecule has 1 saturated carbocycles. The Hall–Kier alpha value is -2.04. The van der Waals surface area contributed by atoms with Crippen LogP contribution >= 0.6 is 12.4 Å². The number of nitrogens with two attached hydrogens (primary N) is 1. The molecule has 134 valence electrons. The smallest absolute Gasteiger partial charge is 0.229 e. The molecule has 0 bridgehead atoms. The molecule has 2 atom stereocenters. The van der Waals surface area contributed by atoms with Gasteiger partial charge in [0.15, 0.2) is 0 Å². The first-order valence-corrected chi connectivity index (χ1v) is 8.48. The Morgan fingerprint density at radius 2 is 1.80 bits per heavy atom. The van der Waals surface area contributed by atoms with Crippen molar-refractivity contribution in [1.82, 2.24) is 0 Å². The Bertz CT molecular complexity index is 689. The van der Waals surface area contributed by atoms with Gasteiger partial charge in [-0.15, -0.1) is 12.4 Å². The zero-order valence-corrected chi connectivity index (χ0v) is 15.2. The topological polar surface area (TPSA) is 64.3 Å². The van der Waals surface area contributed by atoms with E-state index in [0.717, 1.165) is 11.3 Å². The molecule has 1 aliphatic carbocycles. The average molecular weight is 361 g/mol. The van der Waals surface area contributed by atoms with Crippen LogP contribution in [0.5, 0.6) is 5.75 Å². The summed E-state index contributed by atoms with van der Waals surface area (Å²) in [5.41, 5.74) is 7.91. The molecule has 5 heteroatoms. The van der Waals surface area contributed by atoms with E-state index in [-0.39, 0.29) is 30.3 Å². The highest BCUT2D eigenvalue weighted by Crippen LogP contribution is 2.32. The standard InChI is InChI=1S/C20H24N2O2.ClH/c1-14(19(21)16-7-3-2-4-8-16)20(23)22-17-9-5-6-10-18(17)24-13-15-11-12-15;/h2-10,14-15,19H,11-13,21H2,1H3,(H,22,23);1H. The fraction of sp³-hybridized carbons (Fsp3) is 0.350. The van der Waals surface area contributed by atoms with Crippen molar-refractivity contribution < 1.29 is 9.53 Å². The molecule has 2 aromatic rings. The third-order valence-corrected chi connectivity index (χ3v) is 4.45. The molecule has 3 N–H and O–H groups in total. The largest absolute Gasteiger partial charge is 0.491 e. The van der Waals surface area contributed by atoms with Gasteiger partial charge in [0.1, 0.15) is 5.75 Å². The molecule has 0 spiro atoms. The molecule has 0 heterocycles. The molecule has 1 amide bonds. The predicted molar refractivity (Wildman–Crippen MR) is 103 cm³/mol. The summed E-state index contributed by atoms with van der Waals surface area (Å²) in [6, 6.07) is 16.9. The zero-order chi connectivity index (χ0) is 16.9. The molecule has 1 fully saturated rings. The van der Waals surface area contributed by atoms with Gasteiger partial charge in [-0.2, -0.15) is 0 Å². The van der Waals surface area contributed by atoms with Gasteiger partial charge in [-0.25, -0.2) is 0 Å². The van der Waals surface area contributed by atoms with E-state index in [0.29, 0.717) is 18.2 Å². The molecule has 3 rings (SSSR count). The lowest BCUT2D eigenvalue weighted by Crippen LogP contribution is -2.30. The Labute approximate surface area is 155 Å². The highest BCUT2D eigenvalue weighted by Gasteiger charge is 2.24. The normalized spacial score (nSPS) is 15.6. The third kappa shape index (κ3) is 5.21. The number of hydrogen-bond donors (Lipinski definition) is 2. The van der Waals surface area contributed by atoms with Crippen molar-refractivity contribution in [3.05, 3.63) is 60.2 Å². The number of amides is 1. The highest BCUT2D eigenvalue weighted by molar-refractivity contribution is 5.94. The second-order valence-electron chi connectivity index (χ2n) is 6.46. The van der Waals surface area contributed by atoms with Gasteiger partial charge in [0.05, 0.1) is 18.2 Å². The summed E-state index contributed by atoms with van der Waals surface area (Å²) in [7, 11) is 0. The summed E-state index contributed by atoms with van der Waals surface area (Å²) >= 11 is 0. The van der Waals surface area contributed by atoms with E-state index in [1.54, 1.807) is 0 Å². The zero-order valence-electron chi connectivity index (χ0n) is 14.4. The predicted octanol–water partition coefficient (Wildman–Crippen LogP) is 4.17. The number of para-hydroxylation sites is 2. The van der Waals surface area contributed by atoms with Crippen molar-refractivity contribution in [2.24, 2.45) is 17.6 Å². The fourth-order valence-electron chi connectivity index (χ4n) is 2.56. The number of anilines is 1. The Morgan fingerprint density at radius 3 is 2.48 bits per heavy atom. The van der Waals surface area contributed by atoms with Gasteiger partial charge < -0.3 is 15.8 Å². The van der Waals surface area contributed by atoms with E-state index in [1.807, 2.05) is 61.5 Å². The highest BCUT2D eigenvalue weighted by atomic mass is 35.5. The van der Waals surface area contributed by atoms with E-state index in [9.17, 15) is 4.79 Å². The van der Waals surface area contributed by atoms with Crippen LogP contribution in [0.15, 0.2) is 54.6 Å². The second-order valence-corrected chi connectivity index (χ2v) is 6.46. The minimum atomic E-state index is -0.344. The first-order chi connectivity index (χ1) is 11.6. The van der Waals surface area contributed by atoms with Gasteiger partial charge in [0.25, 0.3) is 0 Å². The van der Waals surface area contributed by atoms with Crippen LogP contribution in [0.3, 0.4) is 0 Å². The van der Waals surface area contributed by atoms with Crippen LogP contribution in [0, 0.1) is 11.8 Å². The van der Waals surface area contributed by atoms with E-state index >= 15 is 0 Å². The summed E-state index contributed by atoms with van der Waals surface area (Å²) in [4.78, 5) is 12.6. The minimum absolute atomic E-state index is 0. The van der Waals surface area contributed by atoms with Crippen LogP contribution in [-0.2, 0) is 4.79 Å². The van der Waals surface area contributed by atoms with Crippen molar-refractivity contribution in [2.45, 2.75) is 25.8 Å². The van der Waals surface area contributed by atoms with Gasteiger partial charge >= 0.3 is 0 Å². The van der Waals surface area contributed by atoms with Crippen LogP contribution < -0.4 is 15.8 Å².